The lowest BCUT2D eigenvalue weighted by Crippen LogP contribution is -2.46. The van der Waals surface area contributed by atoms with E-state index in [9.17, 15) is 18.0 Å². The number of rotatable bonds is 11. The molecule has 7 nitrogen and oxygen atoms in total. The Kier molecular flexibility index (Phi) is 9.90. The smallest absolute Gasteiger partial charge is 0.396 e. The Morgan fingerprint density at radius 2 is 1.68 bits per heavy atom. The number of halogens is 3. The van der Waals surface area contributed by atoms with Crippen molar-refractivity contribution >= 4 is 28.1 Å². The standard InChI is InChI=1S/C34H40F3N5O2/c1-3-41-15-17-42(18-16-41)30-21-28-29(27-14-11-25(20-23(27)2)34(35,36)37)22-38-33(44)31(28)32(40-30)39-26-12-9-24(10-13-26)8-6-4-5-7-19-43/h9-14,20-22,43H,3-8,15-19H2,1-2H3,(H,38,44)(H,39,40). The van der Waals surface area contributed by atoms with Crippen LogP contribution in [-0.2, 0) is 12.6 Å². The summed E-state index contributed by atoms with van der Waals surface area (Å²) in [5, 5.41) is 13.3. The minimum atomic E-state index is -4.44. The molecule has 1 aliphatic rings. The van der Waals surface area contributed by atoms with E-state index in [1.807, 2.05) is 18.2 Å². The zero-order chi connectivity index (χ0) is 31.3. The van der Waals surface area contributed by atoms with Gasteiger partial charge in [0.15, 0.2) is 0 Å². The van der Waals surface area contributed by atoms with Gasteiger partial charge in [-0.05, 0) is 79.8 Å². The first kappa shape index (κ1) is 31.5. The third-order valence-corrected chi connectivity index (χ3v) is 8.45. The number of anilines is 3. The molecule has 0 saturated carbocycles. The van der Waals surface area contributed by atoms with Gasteiger partial charge in [-0.15, -0.1) is 0 Å². The fraction of sp³-hybridized carbons (Fsp3) is 0.412. The minimum absolute atomic E-state index is 0.230. The Bertz CT molecular complexity index is 1630. The lowest BCUT2D eigenvalue weighted by Gasteiger charge is -2.35. The second kappa shape index (κ2) is 13.8. The van der Waals surface area contributed by atoms with Crippen molar-refractivity contribution < 1.29 is 18.3 Å². The van der Waals surface area contributed by atoms with Gasteiger partial charge in [0.1, 0.15) is 11.6 Å². The number of hydrogen-bond donors (Lipinski definition) is 3. The molecule has 10 heteroatoms. The highest BCUT2D eigenvalue weighted by Crippen LogP contribution is 2.37. The Morgan fingerprint density at radius 1 is 0.955 bits per heavy atom. The van der Waals surface area contributed by atoms with Gasteiger partial charge in [-0.25, -0.2) is 4.98 Å². The normalized spacial score (nSPS) is 14.4. The molecule has 4 aromatic rings. The molecule has 0 aliphatic carbocycles. The van der Waals surface area contributed by atoms with Gasteiger partial charge in [0.05, 0.1) is 10.9 Å². The second-order valence-electron chi connectivity index (χ2n) is 11.4. The Hall–Kier alpha value is -3.89. The number of pyridine rings is 2. The number of piperazine rings is 1. The number of aliphatic hydroxyl groups excluding tert-OH is 1. The van der Waals surface area contributed by atoms with Gasteiger partial charge in [-0.3, -0.25) is 4.79 Å². The number of unbranched alkanes of at least 4 members (excludes halogenated alkanes) is 3. The lowest BCUT2D eigenvalue weighted by atomic mass is 9.95. The van der Waals surface area contributed by atoms with Gasteiger partial charge in [0.2, 0.25) is 0 Å². The highest BCUT2D eigenvalue weighted by atomic mass is 19.4. The number of aliphatic hydroxyl groups is 1. The van der Waals surface area contributed by atoms with Crippen LogP contribution < -0.4 is 15.8 Å². The molecule has 234 valence electrons. The molecule has 5 rings (SSSR count). The number of aromatic amines is 1. The molecule has 0 radical (unpaired) electrons. The number of fused-ring (bicyclic) bond motifs is 1. The summed E-state index contributed by atoms with van der Waals surface area (Å²) >= 11 is 0. The zero-order valence-corrected chi connectivity index (χ0v) is 25.3. The fourth-order valence-electron chi connectivity index (χ4n) is 5.86. The largest absolute Gasteiger partial charge is 0.416 e. The third-order valence-electron chi connectivity index (χ3n) is 8.45. The number of nitrogens with zero attached hydrogens (tertiary/aromatic N) is 3. The molecule has 3 N–H and O–H groups in total. The predicted octanol–water partition coefficient (Wildman–Crippen LogP) is 6.90. The van der Waals surface area contributed by atoms with Crippen molar-refractivity contribution in [3.63, 3.8) is 0 Å². The van der Waals surface area contributed by atoms with Crippen LogP contribution in [0.4, 0.5) is 30.5 Å². The Balaban J connectivity index is 1.54. The maximum atomic E-state index is 13.4. The molecule has 0 spiro atoms. The molecule has 0 atom stereocenters. The molecular formula is C34H40F3N5O2. The monoisotopic (exact) mass is 607 g/mol. The topological polar surface area (TPSA) is 84.5 Å². The van der Waals surface area contributed by atoms with E-state index in [1.165, 1.54) is 11.6 Å². The number of hydrogen-bond acceptors (Lipinski definition) is 6. The molecule has 0 amide bonds. The van der Waals surface area contributed by atoms with E-state index < -0.39 is 11.7 Å². The molecule has 1 fully saturated rings. The van der Waals surface area contributed by atoms with Crippen LogP contribution in [0.5, 0.6) is 0 Å². The van der Waals surface area contributed by atoms with Crippen molar-refractivity contribution in [1.29, 1.82) is 0 Å². The van der Waals surface area contributed by atoms with Crippen LogP contribution in [0.15, 0.2) is 59.5 Å². The molecule has 3 heterocycles. The summed E-state index contributed by atoms with van der Waals surface area (Å²) in [6.45, 7) is 8.32. The van der Waals surface area contributed by atoms with Crippen LogP contribution in [-0.4, -0.2) is 59.3 Å². The number of nitrogens with one attached hydrogen (secondary N) is 2. The van der Waals surface area contributed by atoms with Gasteiger partial charge in [0.25, 0.3) is 5.56 Å². The van der Waals surface area contributed by atoms with Crippen molar-refractivity contribution in [1.82, 2.24) is 14.9 Å². The molecule has 1 saturated heterocycles. The minimum Gasteiger partial charge on any atom is -0.396 e. The van der Waals surface area contributed by atoms with Crippen molar-refractivity contribution in [2.75, 3.05) is 49.5 Å². The Morgan fingerprint density at radius 3 is 2.34 bits per heavy atom. The molecule has 1 aliphatic heterocycles. The summed E-state index contributed by atoms with van der Waals surface area (Å²) in [4.78, 5) is 25.7. The van der Waals surface area contributed by atoms with Crippen molar-refractivity contribution in [2.45, 2.75) is 52.1 Å². The van der Waals surface area contributed by atoms with Crippen molar-refractivity contribution in [2.24, 2.45) is 0 Å². The van der Waals surface area contributed by atoms with Gasteiger partial charge in [0, 0.05) is 55.6 Å². The number of likely N-dealkylation sites (N-methyl/N-ethyl adjacent to an activating group) is 1. The van der Waals surface area contributed by atoms with Gasteiger partial charge >= 0.3 is 6.18 Å². The summed E-state index contributed by atoms with van der Waals surface area (Å²) in [5.74, 6) is 1.12. The molecule has 2 aromatic carbocycles. The fourth-order valence-corrected chi connectivity index (χ4v) is 5.86. The molecule has 44 heavy (non-hydrogen) atoms. The van der Waals surface area contributed by atoms with E-state index in [2.05, 4.69) is 39.2 Å². The van der Waals surface area contributed by atoms with Crippen LogP contribution in [0.25, 0.3) is 21.9 Å². The van der Waals surface area contributed by atoms with Crippen LogP contribution in [0.3, 0.4) is 0 Å². The van der Waals surface area contributed by atoms with Crippen LogP contribution in [0.2, 0.25) is 0 Å². The second-order valence-corrected chi connectivity index (χ2v) is 11.4. The average molecular weight is 608 g/mol. The summed E-state index contributed by atoms with van der Waals surface area (Å²) in [6.07, 6.45) is 2.05. The van der Waals surface area contributed by atoms with Crippen LogP contribution >= 0.6 is 0 Å². The number of benzene rings is 2. The third kappa shape index (κ3) is 7.25. The molecular weight excluding hydrogens is 567 g/mol. The van der Waals surface area contributed by atoms with Crippen LogP contribution in [0, 0.1) is 6.92 Å². The maximum Gasteiger partial charge on any atom is 0.416 e. The summed E-state index contributed by atoms with van der Waals surface area (Å²) in [5.41, 5.74) is 2.67. The molecule has 0 unspecified atom stereocenters. The van der Waals surface area contributed by atoms with E-state index in [0.29, 0.717) is 39.1 Å². The highest BCUT2D eigenvalue weighted by Gasteiger charge is 2.31. The SMILES string of the molecule is CCN1CCN(c2cc3c(-c4ccc(C(F)(F)F)cc4C)c[nH]c(=O)c3c(Nc3ccc(CCCCCCO)cc3)n2)CC1. The number of aromatic nitrogens is 2. The van der Waals surface area contributed by atoms with Crippen molar-refractivity contribution in [3.8, 4) is 11.1 Å². The van der Waals surface area contributed by atoms with Gasteiger partial charge < -0.3 is 25.2 Å². The predicted molar refractivity (Wildman–Crippen MR) is 171 cm³/mol. The van der Waals surface area contributed by atoms with E-state index in [1.54, 1.807) is 13.1 Å². The zero-order valence-electron chi connectivity index (χ0n) is 25.3. The van der Waals surface area contributed by atoms with Gasteiger partial charge in [-0.1, -0.05) is 38.0 Å². The first-order valence-corrected chi connectivity index (χ1v) is 15.4. The first-order valence-electron chi connectivity index (χ1n) is 15.4. The summed E-state index contributed by atoms with van der Waals surface area (Å²) in [6, 6.07) is 13.7. The number of alkyl halides is 3. The summed E-state index contributed by atoms with van der Waals surface area (Å²) < 4.78 is 40.3. The van der Waals surface area contributed by atoms with E-state index in [0.717, 1.165) is 82.6 Å². The maximum absolute atomic E-state index is 13.4. The van der Waals surface area contributed by atoms with Crippen LogP contribution in [0.1, 0.15) is 49.3 Å². The lowest BCUT2D eigenvalue weighted by molar-refractivity contribution is -0.137. The first-order chi connectivity index (χ1) is 21.2. The summed E-state index contributed by atoms with van der Waals surface area (Å²) in [7, 11) is 0. The average Bonchev–Trinajstić information content (AvgIpc) is 3.01. The van der Waals surface area contributed by atoms with Gasteiger partial charge in [-0.2, -0.15) is 13.2 Å². The Labute approximate surface area is 255 Å². The quantitative estimate of drug-likeness (QED) is 0.161. The molecule has 0 bridgehead atoms. The highest BCUT2D eigenvalue weighted by molar-refractivity contribution is 6.03. The van der Waals surface area contributed by atoms with E-state index >= 15 is 0 Å². The van der Waals surface area contributed by atoms with E-state index in [-0.39, 0.29) is 12.2 Å². The number of aryl methyl sites for hydroxylation is 2. The van der Waals surface area contributed by atoms with E-state index in [4.69, 9.17) is 10.1 Å². The molecule has 2 aromatic heterocycles. The van der Waals surface area contributed by atoms with Crippen molar-refractivity contribution in [3.05, 3.63) is 81.8 Å². The number of H-pyrrole nitrogens is 1.